The second-order valence-corrected chi connectivity index (χ2v) is 9.33. The Balaban J connectivity index is 1.89. The number of hydrogen-bond acceptors (Lipinski definition) is 6. The first kappa shape index (κ1) is 27.7. The number of allylic oxidation sites excluding steroid dienone is 2. The topological polar surface area (TPSA) is 93.6 Å². The lowest BCUT2D eigenvalue weighted by Crippen LogP contribution is -2.28. The van der Waals surface area contributed by atoms with Crippen LogP contribution in [0.1, 0.15) is 39.3 Å². The number of hydrogen-bond donors (Lipinski definition) is 2. The van der Waals surface area contributed by atoms with Gasteiger partial charge >= 0.3 is 0 Å². The fourth-order valence-electron chi connectivity index (χ4n) is 4.66. The molecule has 37 heavy (non-hydrogen) atoms. The molecule has 1 aromatic heterocycles. The number of nitrogens with zero attached hydrogens (tertiary/aromatic N) is 4. The molecule has 0 amide bonds. The van der Waals surface area contributed by atoms with Gasteiger partial charge < -0.3 is 19.9 Å². The molecule has 7 heteroatoms. The number of benzene rings is 2. The second-order valence-electron chi connectivity index (χ2n) is 9.33. The van der Waals surface area contributed by atoms with Crippen LogP contribution in [0.4, 0.5) is 5.69 Å². The van der Waals surface area contributed by atoms with Crippen molar-refractivity contribution in [3.8, 4) is 17.3 Å². The van der Waals surface area contributed by atoms with E-state index in [4.69, 9.17) is 0 Å². The van der Waals surface area contributed by atoms with Gasteiger partial charge in [0.1, 0.15) is 12.6 Å². The number of anilines is 1. The zero-order chi connectivity index (χ0) is 26.9. The van der Waals surface area contributed by atoms with Crippen LogP contribution in [0.15, 0.2) is 71.6 Å². The highest BCUT2D eigenvalue weighted by Gasteiger charge is 2.15. The lowest BCUT2D eigenvalue weighted by Gasteiger charge is -2.24. The third-order valence-corrected chi connectivity index (χ3v) is 6.60. The zero-order valence-electron chi connectivity index (χ0n) is 22.3. The van der Waals surface area contributed by atoms with E-state index >= 15 is 0 Å². The zero-order valence-corrected chi connectivity index (χ0v) is 22.3. The van der Waals surface area contributed by atoms with Crippen molar-refractivity contribution in [2.45, 2.75) is 39.7 Å². The van der Waals surface area contributed by atoms with Gasteiger partial charge in [0.2, 0.25) is 0 Å². The van der Waals surface area contributed by atoms with Crippen LogP contribution in [0, 0.1) is 16.2 Å². The molecule has 1 unspecified atom stereocenters. The van der Waals surface area contributed by atoms with E-state index in [-0.39, 0.29) is 13.1 Å². The van der Waals surface area contributed by atoms with Crippen molar-refractivity contribution in [3.05, 3.63) is 77.0 Å². The Kier molecular flexibility index (Phi) is 9.64. The summed E-state index contributed by atoms with van der Waals surface area (Å²) in [4.78, 5) is 12.8. The predicted octanol–water partition coefficient (Wildman–Crippen LogP) is 6.00. The average molecular weight is 500 g/mol. The molecule has 0 aliphatic rings. The van der Waals surface area contributed by atoms with Gasteiger partial charge in [-0.25, -0.2) is 0 Å². The van der Waals surface area contributed by atoms with Gasteiger partial charge in [0.05, 0.1) is 11.7 Å². The summed E-state index contributed by atoms with van der Waals surface area (Å²) in [6, 6.07) is 19.5. The molecule has 2 N–H and O–H groups in total. The number of nitroso groups, excluding NO2 is 1. The van der Waals surface area contributed by atoms with Crippen molar-refractivity contribution in [2.75, 3.05) is 31.1 Å². The fraction of sp³-hybridized carbons (Fsp3) is 0.367. The molecule has 1 heterocycles. The summed E-state index contributed by atoms with van der Waals surface area (Å²) in [7, 11) is 1.99. The lowest BCUT2D eigenvalue weighted by atomic mass is 10.0. The molecule has 7 nitrogen and oxygen atoms in total. The van der Waals surface area contributed by atoms with Crippen molar-refractivity contribution in [3.63, 3.8) is 0 Å². The first-order valence-electron chi connectivity index (χ1n) is 12.8. The molecule has 1 atom stereocenters. The molecule has 0 aliphatic carbocycles. The quantitative estimate of drug-likeness (QED) is 0.171. The molecular weight excluding hydrogens is 462 g/mol. The fourth-order valence-corrected chi connectivity index (χ4v) is 4.66. The van der Waals surface area contributed by atoms with E-state index < -0.39 is 6.10 Å². The molecular formula is C30H37N5O2. The number of aromatic nitrogens is 1. The van der Waals surface area contributed by atoms with Crippen LogP contribution in [-0.2, 0) is 7.05 Å². The van der Waals surface area contributed by atoms with Crippen LogP contribution in [0.2, 0.25) is 0 Å². The lowest BCUT2D eigenvalue weighted by molar-refractivity contribution is 0.183. The highest BCUT2D eigenvalue weighted by Crippen LogP contribution is 2.31. The number of nitriles is 1. The summed E-state index contributed by atoms with van der Waals surface area (Å²) in [6.45, 7) is 12.3. The Hall–Kier alpha value is -3.89. The first-order chi connectivity index (χ1) is 17.8. The van der Waals surface area contributed by atoms with Gasteiger partial charge in [0, 0.05) is 49.5 Å². The third-order valence-electron chi connectivity index (χ3n) is 6.60. The van der Waals surface area contributed by atoms with E-state index in [0.717, 1.165) is 48.5 Å². The average Bonchev–Trinajstić information content (AvgIpc) is 3.28. The van der Waals surface area contributed by atoms with Crippen molar-refractivity contribution in [2.24, 2.45) is 12.2 Å². The third kappa shape index (κ3) is 6.46. The molecule has 0 fully saturated rings. The number of aliphatic hydroxyl groups excluding tert-OH is 1. The van der Waals surface area contributed by atoms with Crippen LogP contribution in [0.25, 0.3) is 27.6 Å². The van der Waals surface area contributed by atoms with E-state index in [1.54, 1.807) is 0 Å². The monoisotopic (exact) mass is 499 g/mol. The van der Waals surface area contributed by atoms with Gasteiger partial charge in [-0.05, 0) is 72.0 Å². The summed E-state index contributed by atoms with van der Waals surface area (Å²) in [5.41, 5.74) is 5.87. The van der Waals surface area contributed by atoms with Crippen LogP contribution in [-0.4, -0.2) is 42.0 Å². The first-order valence-corrected chi connectivity index (χ1v) is 12.8. The summed E-state index contributed by atoms with van der Waals surface area (Å²) in [6.07, 6.45) is 1.32. The molecule has 0 spiro atoms. The summed E-state index contributed by atoms with van der Waals surface area (Å²) < 4.78 is 2.07. The minimum absolute atomic E-state index is 0.0921. The van der Waals surface area contributed by atoms with E-state index in [2.05, 4.69) is 88.9 Å². The van der Waals surface area contributed by atoms with E-state index in [1.165, 1.54) is 16.5 Å². The summed E-state index contributed by atoms with van der Waals surface area (Å²) >= 11 is 0. The highest BCUT2D eigenvalue weighted by molar-refractivity contribution is 5.90. The number of rotatable bonds is 13. The van der Waals surface area contributed by atoms with Crippen LogP contribution < -0.4 is 10.2 Å². The van der Waals surface area contributed by atoms with Gasteiger partial charge in [0.25, 0.3) is 0 Å². The summed E-state index contributed by atoms with van der Waals surface area (Å²) in [5.74, 6) is 0. The Morgan fingerprint density at radius 1 is 1.14 bits per heavy atom. The van der Waals surface area contributed by atoms with Gasteiger partial charge in [0.15, 0.2) is 0 Å². The minimum atomic E-state index is -0.929. The highest BCUT2D eigenvalue weighted by atomic mass is 16.3. The summed E-state index contributed by atoms with van der Waals surface area (Å²) in [5, 5.41) is 27.6. The Labute approximate surface area is 219 Å². The van der Waals surface area contributed by atoms with Crippen LogP contribution in [0.3, 0.4) is 0 Å². The molecule has 0 saturated carbocycles. The molecule has 0 radical (unpaired) electrons. The number of nitrogens with one attached hydrogen (secondary N) is 1. The number of fused-ring (bicyclic) bond motifs is 1. The van der Waals surface area contributed by atoms with Gasteiger partial charge in [-0.2, -0.15) is 10.2 Å². The Morgan fingerprint density at radius 3 is 2.46 bits per heavy atom. The Morgan fingerprint density at radius 2 is 1.81 bits per heavy atom. The molecule has 0 saturated heterocycles. The SMILES string of the molecule is C=C(NCC(O)CN=O)/C(C#N)=C(\C)c1ccc(-c2ccc3cc(N(CCC)CCC)ccc3c2)n1C. The molecule has 3 rings (SSSR count). The van der Waals surface area contributed by atoms with Crippen molar-refractivity contribution in [1.29, 1.82) is 5.26 Å². The predicted molar refractivity (Wildman–Crippen MR) is 153 cm³/mol. The maximum Gasteiger partial charge on any atom is 0.109 e. The normalized spacial score (nSPS) is 12.5. The maximum absolute atomic E-state index is 10.3. The van der Waals surface area contributed by atoms with Gasteiger partial charge in [-0.15, -0.1) is 0 Å². The minimum Gasteiger partial charge on any atom is -0.389 e. The van der Waals surface area contributed by atoms with Crippen LogP contribution >= 0.6 is 0 Å². The van der Waals surface area contributed by atoms with Gasteiger partial charge in [-0.3, -0.25) is 0 Å². The molecule has 0 bridgehead atoms. The molecule has 3 aromatic rings. The molecule has 2 aromatic carbocycles. The Bertz CT molecular complexity index is 1330. The smallest absolute Gasteiger partial charge is 0.109 e. The van der Waals surface area contributed by atoms with E-state index in [0.29, 0.717) is 11.3 Å². The second kappa shape index (κ2) is 12.9. The molecule has 0 aliphatic heterocycles. The van der Waals surface area contributed by atoms with Crippen molar-refractivity contribution < 1.29 is 5.11 Å². The van der Waals surface area contributed by atoms with Crippen LogP contribution in [0.5, 0.6) is 0 Å². The van der Waals surface area contributed by atoms with Crippen molar-refractivity contribution in [1.82, 2.24) is 9.88 Å². The standard InChI is InChI=1S/C30H37N5O2/c1-6-14-35(15-7-2)26-11-10-23-16-25(9-8-24(23)17-26)30-13-12-29(34(30)5)21(3)28(18-31)22(4)32-19-27(36)20-33-37/h8-13,16-17,27,32,36H,4,6-7,14-15,19-20H2,1-3,5H3/b28-21+. The largest absolute Gasteiger partial charge is 0.389 e. The maximum atomic E-state index is 10.3. The van der Waals surface area contributed by atoms with E-state index in [9.17, 15) is 15.3 Å². The van der Waals surface area contributed by atoms with Gasteiger partial charge in [-0.1, -0.05) is 43.8 Å². The van der Waals surface area contributed by atoms with E-state index in [1.807, 2.05) is 20.0 Å². The number of aliphatic hydroxyl groups is 1. The molecule has 194 valence electrons. The van der Waals surface area contributed by atoms with Crippen molar-refractivity contribution >= 4 is 22.0 Å².